The molecule has 41 heavy (non-hydrogen) atoms. The molecule has 0 saturated heterocycles. The van der Waals surface area contributed by atoms with Crippen molar-refractivity contribution in [1.82, 2.24) is 24.8 Å². The van der Waals surface area contributed by atoms with Gasteiger partial charge in [-0.15, -0.1) is 0 Å². The van der Waals surface area contributed by atoms with Gasteiger partial charge in [-0.3, -0.25) is 9.88 Å². The lowest BCUT2D eigenvalue weighted by Gasteiger charge is -2.21. The number of nitrogens with zero attached hydrogens (tertiary/aromatic N) is 5. The number of halogens is 6. The van der Waals surface area contributed by atoms with Crippen LogP contribution >= 0.6 is 0 Å². The Kier molecular flexibility index (Phi) is 9.35. The van der Waals surface area contributed by atoms with Crippen molar-refractivity contribution in [2.45, 2.75) is 18.9 Å². The molecule has 3 aromatic heterocycles. The highest BCUT2D eigenvalue weighted by Gasteiger charge is 2.34. The van der Waals surface area contributed by atoms with Crippen molar-refractivity contribution in [3.8, 4) is 11.3 Å². The average molecular weight is 581 g/mol. The largest absolute Gasteiger partial charge is 0.418 e. The number of fused-ring (bicyclic) bond motifs is 1. The van der Waals surface area contributed by atoms with E-state index in [9.17, 15) is 26.3 Å². The minimum atomic E-state index is -4.63. The SMILES string of the molecule is COCCN(CCOC)Cc1nc(Nc2ccc(C(F)(F)F)cn2)c2ccc(-c3ncccc3C(F)(F)F)cc2n1. The molecule has 0 unspecified atom stereocenters. The summed E-state index contributed by atoms with van der Waals surface area (Å²) in [4.78, 5) is 19.0. The van der Waals surface area contributed by atoms with Crippen LogP contribution in [-0.4, -0.2) is 65.4 Å². The van der Waals surface area contributed by atoms with E-state index in [1.807, 2.05) is 4.90 Å². The van der Waals surface area contributed by atoms with Crippen LogP contribution in [0.15, 0.2) is 54.9 Å². The van der Waals surface area contributed by atoms with Crippen LogP contribution < -0.4 is 5.32 Å². The van der Waals surface area contributed by atoms with Crippen molar-refractivity contribution in [3.05, 3.63) is 71.8 Å². The van der Waals surface area contributed by atoms with Gasteiger partial charge in [-0.2, -0.15) is 26.3 Å². The fraction of sp³-hybridized carbons (Fsp3) is 0.333. The first kappa shape index (κ1) is 30.1. The van der Waals surface area contributed by atoms with Crippen molar-refractivity contribution in [2.24, 2.45) is 0 Å². The number of methoxy groups -OCH3 is 2. The normalized spacial score (nSPS) is 12.3. The van der Waals surface area contributed by atoms with Gasteiger partial charge in [0, 0.05) is 50.7 Å². The predicted octanol–water partition coefficient (Wildman–Crippen LogP) is 5.96. The van der Waals surface area contributed by atoms with E-state index < -0.39 is 23.5 Å². The number of hydrogen-bond acceptors (Lipinski definition) is 8. The van der Waals surface area contributed by atoms with Gasteiger partial charge >= 0.3 is 12.4 Å². The van der Waals surface area contributed by atoms with Gasteiger partial charge in [0.05, 0.1) is 42.1 Å². The molecule has 0 aliphatic rings. The fourth-order valence-corrected chi connectivity index (χ4v) is 4.02. The Balaban J connectivity index is 1.79. The highest BCUT2D eigenvalue weighted by molar-refractivity contribution is 5.93. The zero-order valence-electron chi connectivity index (χ0n) is 22.1. The molecule has 0 spiro atoms. The van der Waals surface area contributed by atoms with Crippen LogP contribution in [0.5, 0.6) is 0 Å². The maximum atomic E-state index is 13.7. The number of hydrogen-bond donors (Lipinski definition) is 1. The van der Waals surface area contributed by atoms with Crippen molar-refractivity contribution in [2.75, 3.05) is 45.8 Å². The number of pyridine rings is 2. The van der Waals surface area contributed by atoms with E-state index in [-0.39, 0.29) is 29.4 Å². The molecule has 0 fully saturated rings. The highest BCUT2D eigenvalue weighted by Crippen LogP contribution is 2.37. The number of ether oxygens (including phenoxy) is 2. The molecular formula is C27H26F6N6O2. The first-order valence-corrected chi connectivity index (χ1v) is 12.3. The average Bonchev–Trinajstić information content (AvgIpc) is 2.93. The summed E-state index contributed by atoms with van der Waals surface area (Å²) in [7, 11) is 3.13. The van der Waals surface area contributed by atoms with Gasteiger partial charge in [-0.1, -0.05) is 6.07 Å². The number of anilines is 2. The molecule has 4 rings (SSSR count). The van der Waals surface area contributed by atoms with Gasteiger partial charge in [-0.05, 0) is 36.4 Å². The molecule has 8 nitrogen and oxygen atoms in total. The summed E-state index contributed by atoms with van der Waals surface area (Å²) < 4.78 is 90.4. The van der Waals surface area contributed by atoms with Crippen molar-refractivity contribution < 1.29 is 35.8 Å². The Labute approximate surface area is 231 Å². The topological polar surface area (TPSA) is 85.3 Å². The van der Waals surface area contributed by atoms with Gasteiger partial charge in [0.15, 0.2) is 0 Å². The van der Waals surface area contributed by atoms with Crippen molar-refractivity contribution >= 4 is 22.5 Å². The molecule has 0 amide bonds. The van der Waals surface area contributed by atoms with Gasteiger partial charge < -0.3 is 14.8 Å². The summed E-state index contributed by atoms with van der Waals surface area (Å²) in [5, 5.41) is 3.35. The smallest absolute Gasteiger partial charge is 0.383 e. The molecule has 0 aliphatic heterocycles. The summed E-state index contributed by atoms with van der Waals surface area (Å²) in [6.45, 7) is 2.12. The molecule has 0 saturated carbocycles. The van der Waals surface area contributed by atoms with Gasteiger partial charge in [-0.25, -0.2) is 15.0 Å². The molecule has 1 aromatic carbocycles. The summed E-state index contributed by atoms with van der Waals surface area (Å²) >= 11 is 0. The highest BCUT2D eigenvalue weighted by atomic mass is 19.4. The van der Waals surface area contributed by atoms with E-state index in [0.717, 1.165) is 18.2 Å². The summed E-state index contributed by atoms with van der Waals surface area (Å²) in [6.07, 6.45) is -7.21. The van der Waals surface area contributed by atoms with E-state index in [4.69, 9.17) is 9.47 Å². The molecule has 0 atom stereocenters. The molecule has 4 aromatic rings. The number of nitrogens with one attached hydrogen (secondary N) is 1. The van der Waals surface area contributed by atoms with E-state index >= 15 is 0 Å². The van der Waals surface area contributed by atoms with Crippen LogP contribution in [0.25, 0.3) is 22.2 Å². The molecule has 0 aliphatic carbocycles. The lowest BCUT2D eigenvalue weighted by molar-refractivity contribution is -0.138. The predicted molar refractivity (Wildman–Crippen MR) is 139 cm³/mol. The molecular weight excluding hydrogens is 554 g/mol. The monoisotopic (exact) mass is 580 g/mol. The van der Waals surface area contributed by atoms with Crippen LogP contribution in [0.2, 0.25) is 0 Å². The van der Waals surface area contributed by atoms with Crippen LogP contribution in [0.3, 0.4) is 0 Å². The van der Waals surface area contributed by atoms with E-state index in [2.05, 4.69) is 25.3 Å². The van der Waals surface area contributed by atoms with Crippen molar-refractivity contribution in [3.63, 3.8) is 0 Å². The standard InChI is InChI=1S/C27H26F6N6O2/c1-40-12-10-39(11-13-41-2)16-23-36-21-14-17(24-20(27(31,32)33)4-3-9-34-24)5-7-19(21)25(38-23)37-22-8-6-18(15-35-22)26(28,29)30/h3-9,14-15H,10-13,16H2,1-2H3,(H,35,36,37,38). The minimum absolute atomic E-state index is 0.0905. The maximum absolute atomic E-state index is 13.7. The van der Waals surface area contributed by atoms with E-state index in [0.29, 0.717) is 49.2 Å². The molecule has 1 N–H and O–H groups in total. The van der Waals surface area contributed by atoms with E-state index in [1.54, 1.807) is 14.2 Å². The second-order valence-corrected chi connectivity index (χ2v) is 8.93. The fourth-order valence-electron chi connectivity index (χ4n) is 4.02. The third-order valence-electron chi connectivity index (χ3n) is 6.06. The quantitative estimate of drug-likeness (QED) is 0.218. The first-order chi connectivity index (χ1) is 19.5. The number of benzene rings is 1. The molecule has 218 valence electrons. The Morgan fingerprint density at radius 2 is 1.59 bits per heavy atom. The van der Waals surface area contributed by atoms with Crippen molar-refractivity contribution in [1.29, 1.82) is 0 Å². The van der Waals surface area contributed by atoms with Gasteiger partial charge in [0.1, 0.15) is 17.5 Å². The molecule has 3 heterocycles. The lowest BCUT2D eigenvalue weighted by Crippen LogP contribution is -2.31. The zero-order valence-corrected chi connectivity index (χ0v) is 22.1. The van der Waals surface area contributed by atoms with Gasteiger partial charge in [0.2, 0.25) is 0 Å². The maximum Gasteiger partial charge on any atom is 0.418 e. The third kappa shape index (κ3) is 7.65. The number of aromatic nitrogens is 4. The number of alkyl halides is 6. The second-order valence-electron chi connectivity index (χ2n) is 8.93. The Bertz CT molecular complexity index is 1460. The molecule has 14 heteroatoms. The summed E-state index contributed by atoms with van der Waals surface area (Å²) in [6, 6.07) is 8.66. The molecule has 0 bridgehead atoms. The second kappa shape index (κ2) is 12.7. The Morgan fingerprint density at radius 1 is 0.854 bits per heavy atom. The van der Waals surface area contributed by atoms with Crippen LogP contribution in [0.1, 0.15) is 17.0 Å². The first-order valence-electron chi connectivity index (χ1n) is 12.3. The van der Waals surface area contributed by atoms with Crippen LogP contribution in [-0.2, 0) is 28.4 Å². The van der Waals surface area contributed by atoms with Gasteiger partial charge in [0.25, 0.3) is 0 Å². The number of rotatable bonds is 11. The Morgan fingerprint density at radius 3 is 2.20 bits per heavy atom. The summed E-state index contributed by atoms with van der Waals surface area (Å²) in [5.74, 6) is 0.625. The van der Waals surface area contributed by atoms with E-state index in [1.165, 1.54) is 30.5 Å². The van der Waals surface area contributed by atoms with Crippen LogP contribution in [0, 0.1) is 0 Å². The summed E-state index contributed by atoms with van der Waals surface area (Å²) in [5.41, 5.74) is -1.58. The Hall–Kier alpha value is -3.88. The van der Waals surface area contributed by atoms with Crippen LogP contribution in [0.4, 0.5) is 38.0 Å². The zero-order chi connectivity index (χ0) is 29.6. The third-order valence-corrected chi connectivity index (χ3v) is 6.06. The molecule has 0 radical (unpaired) electrons. The minimum Gasteiger partial charge on any atom is -0.383 e. The lowest BCUT2D eigenvalue weighted by atomic mass is 10.0.